The molecule has 6 nitrogen and oxygen atoms in total. The molecule has 1 aliphatic carbocycles. The summed E-state index contributed by atoms with van der Waals surface area (Å²) in [4.78, 5) is 28.9. The Bertz CT molecular complexity index is 582. The van der Waals surface area contributed by atoms with Crippen LogP contribution in [0.5, 0.6) is 0 Å². The van der Waals surface area contributed by atoms with Crippen LogP contribution >= 0.6 is 0 Å². The minimum absolute atomic E-state index is 0.0390. The second-order valence-corrected chi connectivity index (χ2v) is 7.32. The average Bonchev–Trinajstić information content (AvgIpc) is 3.12. The molecule has 0 atom stereocenters. The maximum absolute atomic E-state index is 12.6. The summed E-state index contributed by atoms with van der Waals surface area (Å²) in [5.41, 5.74) is 1.45. The molecule has 0 bridgehead atoms. The zero-order valence-corrected chi connectivity index (χ0v) is 14.8. The van der Waals surface area contributed by atoms with Gasteiger partial charge in [-0.05, 0) is 24.8 Å². The average molecular weight is 332 g/mol. The van der Waals surface area contributed by atoms with Gasteiger partial charge in [0.15, 0.2) is 0 Å². The van der Waals surface area contributed by atoms with Gasteiger partial charge in [-0.1, -0.05) is 33.1 Å². The molecule has 1 saturated carbocycles. The Morgan fingerprint density at radius 2 is 1.71 bits per heavy atom. The van der Waals surface area contributed by atoms with Crippen LogP contribution in [0.15, 0.2) is 6.07 Å². The lowest BCUT2D eigenvalue weighted by Gasteiger charge is -2.36. The second kappa shape index (κ2) is 7.36. The molecule has 6 heteroatoms. The van der Waals surface area contributed by atoms with Gasteiger partial charge in [-0.15, -0.1) is 0 Å². The number of carbonyl (C=O) groups excluding carboxylic acids is 2. The molecule has 0 aromatic carbocycles. The molecule has 1 N–H and O–H groups in total. The van der Waals surface area contributed by atoms with Crippen LogP contribution in [-0.2, 0) is 4.79 Å². The van der Waals surface area contributed by atoms with Crippen molar-refractivity contribution in [3.8, 4) is 0 Å². The third-order valence-corrected chi connectivity index (χ3v) is 5.27. The van der Waals surface area contributed by atoms with Crippen molar-refractivity contribution in [1.82, 2.24) is 20.0 Å². The van der Waals surface area contributed by atoms with Gasteiger partial charge in [0, 0.05) is 37.8 Å². The van der Waals surface area contributed by atoms with Gasteiger partial charge in [-0.3, -0.25) is 14.7 Å². The van der Waals surface area contributed by atoms with E-state index < -0.39 is 0 Å². The van der Waals surface area contributed by atoms with Gasteiger partial charge in [-0.2, -0.15) is 5.10 Å². The fraction of sp³-hybridized carbons (Fsp3) is 0.722. The fourth-order valence-corrected chi connectivity index (χ4v) is 3.64. The van der Waals surface area contributed by atoms with Crippen molar-refractivity contribution in [2.75, 3.05) is 26.2 Å². The molecule has 2 amide bonds. The number of hydrogen-bond acceptors (Lipinski definition) is 3. The molecule has 1 aromatic heterocycles. The van der Waals surface area contributed by atoms with Crippen molar-refractivity contribution in [1.29, 1.82) is 0 Å². The van der Waals surface area contributed by atoms with Gasteiger partial charge in [-0.25, -0.2) is 0 Å². The maximum Gasteiger partial charge on any atom is 0.274 e. The van der Waals surface area contributed by atoms with Gasteiger partial charge in [0.25, 0.3) is 5.91 Å². The van der Waals surface area contributed by atoms with E-state index in [0.29, 0.717) is 43.7 Å². The van der Waals surface area contributed by atoms with Gasteiger partial charge < -0.3 is 9.80 Å². The monoisotopic (exact) mass is 332 g/mol. The van der Waals surface area contributed by atoms with Crippen LogP contribution in [0, 0.1) is 5.92 Å². The first-order valence-electron chi connectivity index (χ1n) is 9.19. The van der Waals surface area contributed by atoms with Gasteiger partial charge in [0.05, 0.1) is 0 Å². The van der Waals surface area contributed by atoms with Crippen molar-refractivity contribution in [2.24, 2.45) is 5.92 Å². The Morgan fingerprint density at radius 1 is 1.08 bits per heavy atom. The Balaban J connectivity index is 1.54. The van der Waals surface area contributed by atoms with E-state index in [4.69, 9.17) is 0 Å². The maximum atomic E-state index is 12.6. The number of amides is 2. The molecule has 0 radical (unpaired) electrons. The van der Waals surface area contributed by atoms with Crippen LogP contribution in [0.2, 0.25) is 0 Å². The molecular formula is C18H28N4O2. The third kappa shape index (κ3) is 3.62. The summed E-state index contributed by atoms with van der Waals surface area (Å²) in [7, 11) is 0. The summed E-state index contributed by atoms with van der Waals surface area (Å²) >= 11 is 0. The number of nitrogens with zero attached hydrogens (tertiary/aromatic N) is 3. The van der Waals surface area contributed by atoms with Gasteiger partial charge >= 0.3 is 0 Å². The Morgan fingerprint density at radius 3 is 2.29 bits per heavy atom. The largest absolute Gasteiger partial charge is 0.339 e. The minimum atomic E-state index is -0.0390. The van der Waals surface area contributed by atoms with Crippen LogP contribution in [0.1, 0.15) is 68.1 Å². The van der Waals surface area contributed by atoms with E-state index in [-0.39, 0.29) is 11.8 Å². The number of rotatable bonds is 3. The minimum Gasteiger partial charge on any atom is -0.339 e. The molecule has 1 aliphatic heterocycles. The highest BCUT2D eigenvalue weighted by Gasteiger charge is 2.30. The lowest BCUT2D eigenvalue weighted by molar-refractivity contribution is -0.138. The first-order valence-corrected chi connectivity index (χ1v) is 9.19. The molecule has 0 spiro atoms. The SMILES string of the molecule is CC(C)c1cc(C(=O)N2CCN(C(=O)C3CCCCC3)CC2)n[nH]1. The first-order chi connectivity index (χ1) is 11.6. The summed E-state index contributed by atoms with van der Waals surface area (Å²) in [6.45, 7) is 6.61. The first kappa shape index (κ1) is 17.0. The van der Waals surface area contributed by atoms with E-state index in [1.807, 2.05) is 15.9 Å². The van der Waals surface area contributed by atoms with Crippen molar-refractivity contribution in [2.45, 2.75) is 51.9 Å². The highest BCUT2D eigenvalue weighted by Crippen LogP contribution is 2.26. The van der Waals surface area contributed by atoms with Crippen LogP contribution in [0.4, 0.5) is 0 Å². The number of piperazine rings is 1. The highest BCUT2D eigenvalue weighted by molar-refractivity contribution is 5.92. The topological polar surface area (TPSA) is 69.3 Å². The molecular weight excluding hydrogens is 304 g/mol. The number of nitrogens with one attached hydrogen (secondary N) is 1. The molecule has 0 unspecified atom stereocenters. The lowest BCUT2D eigenvalue weighted by Crippen LogP contribution is -2.52. The molecule has 132 valence electrons. The van der Waals surface area contributed by atoms with Crippen LogP contribution < -0.4 is 0 Å². The number of carbonyl (C=O) groups is 2. The zero-order chi connectivity index (χ0) is 17.1. The number of aromatic nitrogens is 2. The van der Waals surface area contributed by atoms with Crippen molar-refractivity contribution in [3.63, 3.8) is 0 Å². The second-order valence-electron chi connectivity index (χ2n) is 7.32. The molecule has 1 aromatic rings. The molecule has 2 aliphatic rings. The van der Waals surface area contributed by atoms with E-state index in [2.05, 4.69) is 24.0 Å². The quantitative estimate of drug-likeness (QED) is 0.924. The zero-order valence-electron chi connectivity index (χ0n) is 14.8. The Hall–Kier alpha value is -1.85. The van der Waals surface area contributed by atoms with E-state index in [1.54, 1.807) is 0 Å². The summed E-state index contributed by atoms with van der Waals surface area (Å²) in [6.07, 6.45) is 5.67. The van der Waals surface area contributed by atoms with Crippen molar-refractivity contribution >= 4 is 11.8 Å². The van der Waals surface area contributed by atoms with E-state index in [9.17, 15) is 9.59 Å². The van der Waals surface area contributed by atoms with Crippen LogP contribution in [0.3, 0.4) is 0 Å². The number of aromatic amines is 1. The van der Waals surface area contributed by atoms with E-state index in [0.717, 1.165) is 18.5 Å². The number of hydrogen-bond donors (Lipinski definition) is 1. The highest BCUT2D eigenvalue weighted by atomic mass is 16.2. The Kier molecular flexibility index (Phi) is 5.21. The molecule has 24 heavy (non-hydrogen) atoms. The standard InChI is InChI=1S/C18H28N4O2/c1-13(2)15-12-16(20-19-15)18(24)22-10-8-21(9-11-22)17(23)14-6-4-3-5-7-14/h12-14H,3-11H2,1-2H3,(H,19,20). The van der Waals surface area contributed by atoms with Gasteiger partial charge in [0.1, 0.15) is 5.69 Å². The van der Waals surface area contributed by atoms with E-state index in [1.165, 1.54) is 19.3 Å². The smallest absolute Gasteiger partial charge is 0.274 e. The fourth-order valence-electron chi connectivity index (χ4n) is 3.64. The molecule has 1 saturated heterocycles. The summed E-state index contributed by atoms with van der Waals surface area (Å²) in [6, 6.07) is 1.84. The van der Waals surface area contributed by atoms with E-state index >= 15 is 0 Å². The van der Waals surface area contributed by atoms with Crippen molar-refractivity contribution < 1.29 is 9.59 Å². The predicted octanol–water partition coefficient (Wildman–Crippen LogP) is 2.40. The third-order valence-electron chi connectivity index (χ3n) is 5.27. The summed E-state index contributed by atoms with van der Waals surface area (Å²) in [5, 5.41) is 7.08. The molecule has 3 rings (SSSR count). The lowest BCUT2D eigenvalue weighted by atomic mass is 9.88. The summed E-state index contributed by atoms with van der Waals surface area (Å²) < 4.78 is 0. The summed E-state index contributed by atoms with van der Waals surface area (Å²) in [5.74, 6) is 0.788. The predicted molar refractivity (Wildman–Crippen MR) is 91.7 cm³/mol. The van der Waals surface area contributed by atoms with Crippen molar-refractivity contribution in [3.05, 3.63) is 17.5 Å². The molecule has 2 heterocycles. The molecule has 2 fully saturated rings. The normalized spacial score (nSPS) is 19.8. The van der Waals surface area contributed by atoms with Crippen LogP contribution in [0.25, 0.3) is 0 Å². The van der Waals surface area contributed by atoms with Crippen LogP contribution in [-0.4, -0.2) is 58.0 Å². The van der Waals surface area contributed by atoms with Gasteiger partial charge in [0.2, 0.25) is 5.91 Å². The number of H-pyrrole nitrogens is 1. The Labute approximate surface area is 143 Å².